The molecule has 0 spiro atoms. The molecule has 1 N–H and O–H groups in total. The molecule has 1 aliphatic carbocycles. The molecule has 2 rings (SSSR count). The third-order valence-electron chi connectivity index (χ3n) is 5.44. The topological polar surface area (TPSA) is 21.3 Å². The summed E-state index contributed by atoms with van der Waals surface area (Å²) in [5.41, 5.74) is 1.86. The zero-order valence-electron chi connectivity index (χ0n) is 15.5. The molecule has 0 aliphatic heterocycles. The first-order chi connectivity index (χ1) is 11.0. The molecule has 0 heterocycles. The molecule has 1 fully saturated rings. The van der Waals surface area contributed by atoms with Gasteiger partial charge in [0.15, 0.2) is 0 Å². The highest BCUT2D eigenvalue weighted by molar-refractivity contribution is 5.18. The summed E-state index contributed by atoms with van der Waals surface area (Å²) in [6.07, 6.45) is 7.07. The summed E-state index contributed by atoms with van der Waals surface area (Å²) in [7, 11) is 0. The van der Waals surface area contributed by atoms with Crippen molar-refractivity contribution in [1.82, 2.24) is 5.32 Å². The first kappa shape index (κ1) is 18.5. The summed E-state index contributed by atoms with van der Waals surface area (Å²) >= 11 is 0. The fourth-order valence-corrected chi connectivity index (χ4v) is 3.84. The molecular formula is C21H35NO. The van der Waals surface area contributed by atoms with Crippen LogP contribution in [0.15, 0.2) is 30.3 Å². The standard InChI is InChI=1S/C21H35NO/c1-5-16-22-19(17-18-10-8-7-9-11-18)21(23-6-2)14-12-20(3,4)13-15-21/h7-11,19,22H,5-6,12-17H2,1-4H3. The van der Waals surface area contributed by atoms with Crippen LogP contribution in [0.3, 0.4) is 0 Å². The second-order valence-electron chi connectivity index (χ2n) is 7.86. The van der Waals surface area contributed by atoms with Crippen LogP contribution in [0.25, 0.3) is 0 Å². The van der Waals surface area contributed by atoms with Crippen molar-refractivity contribution < 1.29 is 4.74 Å². The van der Waals surface area contributed by atoms with Gasteiger partial charge in [0.05, 0.1) is 5.60 Å². The van der Waals surface area contributed by atoms with E-state index in [0.29, 0.717) is 11.5 Å². The molecule has 1 atom stereocenters. The second-order valence-corrected chi connectivity index (χ2v) is 7.86. The fraction of sp³-hybridized carbons (Fsp3) is 0.714. The summed E-state index contributed by atoms with van der Waals surface area (Å²) in [5, 5.41) is 3.82. The van der Waals surface area contributed by atoms with E-state index < -0.39 is 0 Å². The van der Waals surface area contributed by atoms with Crippen LogP contribution in [0.4, 0.5) is 0 Å². The first-order valence-corrected chi connectivity index (χ1v) is 9.42. The SMILES string of the molecule is CCCNC(Cc1ccccc1)C1(OCC)CCC(C)(C)CC1. The molecular weight excluding hydrogens is 282 g/mol. The summed E-state index contributed by atoms with van der Waals surface area (Å²) in [4.78, 5) is 0. The van der Waals surface area contributed by atoms with Gasteiger partial charge in [0.2, 0.25) is 0 Å². The first-order valence-electron chi connectivity index (χ1n) is 9.42. The minimum atomic E-state index is -0.00468. The lowest BCUT2D eigenvalue weighted by Crippen LogP contribution is -2.56. The van der Waals surface area contributed by atoms with E-state index in [4.69, 9.17) is 4.74 Å². The molecule has 0 amide bonds. The van der Waals surface area contributed by atoms with Gasteiger partial charge in [0.1, 0.15) is 0 Å². The number of rotatable bonds is 8. The van der Waals surface area contributed by atoms with Gasteiger partial charge in [-0.15, -0.1) is 0 Å². The van der Waals surface area contributed by atoms with E-state index in [1.54, 1.807) is 0 Å². The maximum Gasteiger partial charge on any atom is 0.0838 e. The van der Waals surface area contributed by atoms with Gasteiger partial charge in [0, 0.05) is 12.6 Å². The molecule has 0 bridgehead atoms. The number of ether oxygens (including phenoxy) is 1. The van der Waals surface area contributed by atoms with Crippen molar-refractivity contribution in [2.75, 3.05) is 13.2 Å². The lowest BCUT2D eigenvalue weighted by Gasteiger charge is -2.48. The number of hydrogen-bond donors (Lipinski definition) is 1. The third kappa shape index (κ3) is 5.06. The highest BCUT2D eigenvalue weighted by Gasteiger charge is 2.44. The summed E-state index contributed by atoms with van der Waals surface area (Å²) in [6, 6.07) is 11.3. The number of benzene rings is 1. The molecule has 23 heavy (non-hydrogen) atoms. The van der Waals surface area contributed by atoms with Crippen LogP contribution in [0.1, 0.15) is 65.4 Å². The smallest absolute Gasteiger partial charge is 0.0838 e. The Balaban J connectivity index is 2.18. The van der Waals surface area contributed by atoms with Crippen molar-refractivity contribution in [3.8, 4) is 0 Å². The Bertz CT molecular complexity index is 444. The van der Waals surface area contributed by atoms with Gasteiger partial charge >= 0.3 is 0 Å². The monoisotopic (exact) mass is 317 g/mol. The van der Waals surface area contributed by atoms with Gasteiger partial charge < -0.3 is 10.1 Å². The molecule has 2 heteroatoms. The van der Waals surface area contributed by atoms with Crippen molar-refractivity contribution in [1.29, 1.82) is 0 Å². The zero-order valence-corrected chi connectivity index (χ0v) is 15.5. The molecule has 1 saturated carbocycles. The summed E-state index contributed by atoms with van der Waals surface area (Å²) in [6.45, 7) is 11.0. The predicted octanol–water partition coefficient (Wildman–Crippen LogP) is 4.97. The van der Waals surface area contributed by atoms with Gasteiger partial charge in [-0.05, 0) is 63.0 Å². The normalized spacial score (nSPS) is 21.0. The van der Waals surface area contributed by atoms with E-state index in [1.165, 1.54) is 37.7 Å². The highest BCUT2D eigenvalue weighted by Crippen LogP contribution is 2.44. The van der Waals surface area contributed by atoms with Crippen LogP contribution in [-0.4, -0.2) is 24.8 Å². The van der Waals surface area contributed by atoms with E-state index in [0.717, 1.165) is 19.6 Å². The average Bonchev–Trinajstić information content (AvgIpc) is 2.55. The average molecular weight is 318 g/mol. The van der Waals surface area contributed by atoms with Crippen LogP contribution < -0.4 is 5.32 Å². The van der Waals surface area contributed by atoms with Crippen LogP contribution in [0, 0.1) is 5.41 Å². The molecule has 0 radical (unpaired) electrons. The zero-order chi connectivity index (χ0) is 16.8. The van der Waals surface area contributed by atoms with Crippen molar-refractivity contribution in [3.05, 3.63) is 35.9 Å². The van der Waals surface area contributed by atoms with Gasteiger partial charge in [0.25, 0.3) is 0 Å². The van der Waals surface area contributed by atoms with Crippen molar-refractivity contribution in [3.63, 3.8) is 0 Å². The van der Waals surface area contributed by atoms with Crippen molar-refractivity contribution >= 4 is 0 Å². The number of nitrogens with one attached hydrogen (secondary N) is 1. The minimum absolute atomic E-state index is 0.00468. The van der Waals surface area contributed by atoms with Gasteiger partial charge in [-0.2, -0.15) is 0 Å². The van der Waals surface area contributed by atoms with Crippen LogP contribution >= 0.6 is 0 Å². The third-order valence-corrected chi connectivity index (χ3v) is 5.44. The van der Waals surface area contributed by atoms with E-state index in [1.807, 2.05) is 0 Å². The molecule has 1 aliphatic rings. The maximum atomic E-state index is 6.43. The molecule has 0 aromatic heterocycles. The molecule has 130 valence electrons. The quantitative estimate of drug-likeness (QED) is 0.730. The van der Waals surface area contributed by atoms with Crippen LogP contribution in [0.5, 0.6) is 0 Å². The predicted molar refractivity (Wildman–Crippen MR) is 98.8 cm³/mol. The van der Waals surface area contributed by atoms with E-state index in [9.17, 15) is 0 Å². The number of hydrogen-bond acceptors (Lipinski definition) is 2. The van der Waals surface area contributed by atoms with Gasteiger partial charge in [-0.1, -0.05) is 51.1 Å². The Kier molecular flexibility index (Phi) is 6.67. The fourth-order valence-electron chi connectivity index (χ4n) is 3.84. The molecule has 1 aromatic carbocycles. The largest absolute Gasteiger partial charge is 0.374 e. The van der Waals surface area contributed by atoms with Crippen LogP contribution in [0.2, 0.25) is 0 Å². The molecule has 1 unspecified atom stereocenters. The Labute approximate surface area is 143 Å². The van der Waals surface area contributed by atoms with E-state index in [2.05, 4.69) is 63.3 Å². The lowest BCUT2D eigenvalue weighted by atomic mass is 9.67. The molecule has 0 saturated heterocycles. The van der Waals surface area contributed by atoms with E-state index >= 15 is 0 Å². The highest BCUT2D eigenvalue weighted by atomic mass is 16.5. The Morgan fingerprint density at radius 3 is 2.26 bits per heavy atom. The van der Waals surface area contributed by atoms with Crippen LogP contribution in [-0.2, 0) is 11.2 Å². The van der Waals surface area contributed by atoms with Gasteiger partial charge in [-0.3, -0.25) is 0 Å². The summed E-state index contributed by atoms with van der Waals surface area (Å²) < 4.78 is 6.43. The molecule has 2 nitrogen and oxygen atoms in total. The minimum Gasteiger partial charge on any atom is -0.374 e. The molecule has 1 aromatic rings. The second kappa shape index (κ2) is 8.30. The Morgan fingerprint density at radius 2 is 1.70 bits per heavy atom. The van der Waals surface area contributed by atoms with Crippen molar-refractivity contribution in [2.45, 2.75) is 77.9 Å². The Hall–Kier alpha value is -0.860. The van der Waals surface area contributed by atoms with E-state index in [-0.39, 0.29) is 5.60 Å². The maximum absolute atomic E-state index is 6.43. The lowest BCUT2D eigenvalue weighted by molar-refractivity contribution is -0.106. The van der Waals surface area contributed by atoms with Crippen molar-refractivity contribution in [2.24, 2.45) is 5.41 Å². The summed E-state index contributed by atoms with van der Waals surface area (Å²) in [5.74, 6) is 0. The Morgan fingerprint density at radius 1 is 1.04 bits per heavy atom. The van der Waals surface area contributed by atoms with Gasteiger partial charge in [-0.25, -0.2) is 0 Å².